The van der Waals surface area contributed by atoms with Crippen LogP contribution in [0.15, 0.2) is 64.4 Å². The number of benzene rings is 2. The van der Waals surface area contributed by atoms with Gasteiger partial charge in [-0.15, -0.1) is 21.9 Å². The first-order chi connectivity index (χ1) is 16.6. The van der Waals surface area contributed by atoms with Crippen LogP contribution in [0.4, 0.5) is 0 Å². The van der Waals surface area contributed by atoms with Gasteiger partial charge in [0.2, 0.25) is 0 Å². The number of nitrogens with zero attached hydrogens (tertiary/aromatic N) is 2. The molecule has 1 heterocycles. The molecule has 0 saturated carbocycles. The van der Waals surface area contributed by atoms with Crippen LogP contribution in [0.1, 0.15) is 17.7 Å². The summed E-state index contributed by atoms with van der Waals surface area (Å²) in [7, 11) is -3.33. The fourth-order valence-electron chi connectivity index (χ4n) is 3.58. The summed E-state index contributed by atoms with van der Waals surface area (Å²) in [6.07, 6.45) is 3.39. The molecule has 0 spiro atoms. The topological polar surface area (TPSA) is 118 Å². The molecule has 11 heteroatoms. The molecule has 0 N–H and O–H groups in total. The van der Waals surface area contributed by atoms with E-state index in [1.54, 1.807) is 36.0 Å². The van der Waals surface area contributed by atoms with E-state index in [0.29, 0.717) is 0 Å². The number of carbonyl (C=O) groups excluding carboxylic acids is 1. The number of hydrogen-bond donors (Lipinski definition) is 0. The molecule has 0 aliphatic heterocycles. The van der Waals surface area contributed by atoms with Crippen LogP contribution in [-0.2, 0) is 30.6 Å². The average molecular weight is 519 g/mol. The summed E-state index contributed by atoms with van der Waals surface area (Å²) in [5, 5.41) is 9.30. The zero-order valence-corrected chi connectivity index (χ0v) is 21.2. The normalized spacial score (nSPS) is 11.3. The van der Waals surface area contributed by atoms with E-state index < -0.39 is 20.9 Å². The van der Waals surface area contributed by atoms with Crippen molar-refractivity contribution in [3.63, 3.8) is 0 Å². The minimum atomic E-state index is -3.33. The molecule has 3 aromatic rings. The van der Waals surface area contributed by atoms with E-state index >= 15 is 0 Å². The minimum absolute atomic E-state index is 0.0163. The summed E-state index contributed by atoms with van der Waals surface area (Å²) >= 11 is 1.63. The van der Waals surface area contributed by atoms with E-state index in [0.717, 1.165) is 39.4 Å². The summed E-state index contributed by atoms with van der Waals surface area (Å²) in [5.41, 5.74) is 4.11. The summed E-state index contributed by atoms with van der Waals surface area (Å²) in [6, 6.07) is 16.5. The van der Waals surface area contributed by atoms with Crippen LogP contribution in [0.25, 0.3) is 16.9 Å². The van der Waals surface area contributed by atoms with Crippen molar-refractivity contribution < 1.29 is 27.9 Å². The Kier molecular flexibility index (Phi) is 8.57. The van der Waals surface area contributed by atoms with Gasteiger partial charge in [-0.3, -0.25) is 4.79 Å². The van der Waals surface area contributed by atoms with E-state index in [1.807, 2.05) is 48.1 Å². The van der Waals surface area contributed by atoms with E-state index in [-0.39, 0.29) is 31.0 Å². The van der Waals surface area contributed by atoms with Crippen molar-refractivity contribution in [1.29, 1.82) is 0 Å². The first-order valence-corrected chi connectivity index (χ1v) is 13.8. The first-order valence-electron chi connectivity index (χ1n) is 10.7. The van der Waals surface area contributed by atoms with Crippen LogP contribution in [0.3, 0.4) is 0 Å². The fourth-order valence-corrected chi connectivity index (χ4v) is 4.62. The van der Waals surface area contributed by atoms with Crippen LogP contribution in [0.5, 0.6) is 0 Å². The lowest BCUT2D eigenvalue weighted by atomic mass is 10.1. The lowest BCUT2D eigenvalue weighted by Gasteiger charge is -2.13. The highest BCUT2D eigenvalue weighted by Crippen LogP contribution is 2.31. The second kappa shape index (κ2) is 11.4. The molecule has 35 heavy (non-hydrogen) atoms. The van der Waals surface area contributed by atoms with Crippen LogP contribution in [0, 0.1) is 17.0 Å². The van der Waals surface area contributed by atoms with Gasteiger partial charge in [0.25, 0.3) is 5.09 Å². The molecule has 0 fully saturated rings. The predicted molar refractivity (Wildman–Crippen MR) is 133 cm³/mol. The van der Waals surface area contributed by atoms with Crippen molar-refractivity contribution in [3.05, 3.63) is 76.0 Å². The Morgan fingerprint density at radius 2 is 1.74 bits per heavy atom. The molecule has 0 unspecified atom stereocenters. The highest BCUT2D eigenvalue weighted by Gasteiger charge is 2.18. The van der Waals surface area contributed by atoms with E-state index in [4.69, 9.17) is 4.74 Å². The van der Waals surface area contributed by atoms with Crippen molar-refractivity contribution in [3.8, 4) is 16.9 Å². The van der Waals surface area contributed by atoms with Crippen molar-refractivity contribution in [2.24, 2.45) is 0 Å². The lowest BCUT2D eigenvalue weighted by molar-refractivity contribution is -0.757. The third kappa shape index (κ3) is 6.86. The number of rotatable bonds is 11. The van der Waals surface area contributed by atoms with Gasteiger partial charge in [0, 0.05) is 29.0 Å². The SMILES string of the molecule is CSc1ccc(-n2c(-c3ccc(S(C)(=O)=O)cc3)cc(CC(=O)OCCCO[N+](=O)[O-])c2C)cc1. The summed E-state index contributed by atoms with van der Waals surface area (Å²) in [4.78, 5) is 28.2. The Hall–Kier alpha value is -3.31. The van der Waals surface area contributed by atoms with Crippen LogP contribution >= 0.6 is 11.8 Å². The molecule has 0 aliphatic carbocycles. The van der Waals surface area contributed by atoms with Gasteiger partial charge in [-0.25, -0.2) is 8.42 Å². The van der Waals surface area contributed by atoms with Crippen molar-refractivity contribution >= 4 is 27.6 Å². The quantitative estimate of drug-likeness (QED) is 0.121. The molecule has 186 valence electrons. The third-order valence-corrected chi connectivity index (χ3v) is 7.22. The van der Waals surface area contributed by atoms with Crippen molar-refractivity contribution in [1.82, 2.24) is 4.57 Å². The van der Waals surface area contributed by atoms with Crippen molar-refractivity contribution in [2.45, 2.75) is 29.6 Å². The maximum absolute atomic E-state index is 12.4. The maximum atomic E-state index is 12.4. The Labute approximate surface area is 208 Å². The Balaban J connectivity index is 1.90. The number of sulfone groups is 1. The predicted octanol–water partition coefficient (Wildman–Crippen LogP) is 4.26. The molecule has 1 aromatic heterocycles. The number of thioether (sulfide) groups is 1. The fraction of sp³-hybridized carbons (Fsp3) is 0.292. The molecular weight excluding hydrogens is 492 g/mol. The number of aromatic nitrogens is 1. The van der Waals surface area contributed by atoms with E-state index in [9.17, 15) is 23.3 Å². The maximum Gasteiger partial charge on any atom is 0.310 e. The molecule has 9 nitrogen and oxygen atoms in total. The summed E-state index contributed by atoms with van der Waals surface area (Å²) in [5.74, 6) is -0.456. The average Bonchev–Trinajstić information content (AvgIpc) is 3.14. The van der Waals surface area contributed by atoms with Crippen LogP contribution < -0.4 is 0 Å². The van der Waals surface area contributed by atoms with Gasteiger partial charge < -0.3 is 14.1 Å². The molecule has 0 bridgehead atoms. The molecule has 2 aromatic carbocycles. The van der Waals surface area contributed by atoms with Gasteiger partial charge in [-0.1, -0.05) is 12.1 Å². The van der Waals surface area contributed by atoms with Gasteiger partial charge in [0.15, 0.2) is 9.84 Å². The highest BCUT2D eigenvalue weighted by molar-refractivity contribution is 7.98. The summed E-state index contributed by atoms with van der Waals surface area (Å²) < 4.78 is 31.0. The number of esters is 1. The smallest absolute Gasteiger partial charge is 0.310 e. The molecular formula is C24H26N2O7S2. The minimum Gasteiger partial charge on any atom is -0.465 e. The number of ether oxygens (including phenoxy) is 1. The van der Waals surface area contributed by atoms with E-state index in [2.05, 4.69) is 4.84 Å². The molecule has 0 aliphatic rings. The second-order valence-electron chi connectivity index (χ2n) is 7.78. The summed E-state index contributed by atoms with van der Waals surface area (Å²) in [6.45, 7) is 1.78. The molecule has 3 rings (SSSR count). The highest BCUT2D eigenvalue weighted by atomic mass is 32.2. The Bertz CT molecular complexity index is 1300. The van der Waals surface area contributed by atoms with Gasteiger partial charge >= 0.3 is 5.97 Å². The molecule has 0 atom stereocenters. The monoisotopic (exact) mass is 518 g/mol. The van der Waals surface area contributed by atoms with Crippen molar-refractivity contribution in [2.75, 3.05) is 25.7 Å². The zero-order valence-electron chi connectivity index (χ0n) is 19.6. The van der Waals surface area contributed by atoms with Gasteiger partial charge in [0.1, 0.15) is 0 Å². The van der Waals surface area contributed by atoms with Gasteiger partial charge in [-0.2, -0.15) is 0 Å². The number of carbonyl (C=O) groups is 1. The molecule has 0 amide bonds. The molecule has 0 saturated heterocycles. The van der Waals surface area contributed by atoms with Gasteiger partial charge in [-0.05, 0) is 66.8 Å². The standard InChI is InChI=1S/C24H26N2O7S2/c1-17-19(16-24(27)32-13-4-14-33-26(28)29)15-23(18-5-11-22(12-6-18)35(3,30)31)25(17)20-7-9-21(34-2)10-8-20/h5-12,15H,4,13-14,16H2,1-3H3. The van der Waals surface area contributed by atoms with Crippen LogP contribution in [0.2, 0.25) is 0 Å². The second-order valence-corrected chi connectivity index (χ2v) is 10.7. The Morgan fingerprint density at radius 3 is 2.31 bits per heavy atom. The largest absolute Gasteiger partial charge is 0.465 e. The van der Waals surface area contributed by atoms with Crippen LogP contribution in [-0.4, -0.2) is 49.8 Å². The first kappa shape index (κ1) is 26.3. The number of hydrogen-bond acceptors (Lipinski definition) is 8. The third-order valence-electron chi connectivity index (χ3n) is 5.34. The van der Waals surface area contributed by atoms with E-state index in [1.165, 1.54) is 0 Å². The molecule has 0 radical (unpaired) electrons. The lowest BCUT2D eigenvalue weighted by Crippen LogP contribution is -2.12. The Morgan fingerprint density at radius 1 is 1.09 bits per heavy atom. The van der Waals surface area contributed by atoms with Gasteiger partial charge in [0.05, 0.1) is 30.2 Å². The zero-order chi connectivity index (χ0) is 25.6.